The highest BCUT2D eigenvalue weighted by Gasteiger charge is 2.33. The van der Waals surface area contributed by atoms with E-state index in [1.165, 1.54) is 38.1 Å². The highest BCUT2D eigenvalue weighted by atomic mass is 19.4. The van der Waals surface area contributed by atoms with Gasteiger partial charge in [-0.05, 0) is 62.4 Å². The first-order chi connectivity index (χ1) is 16.6. The molecule has 0 saturated heterocycles. The maximum absolute atomic E-state index is 12.9. The lowest BCUT2D eigenvalue weighted by Crippen LogP contribution is -2.37. The van der Waals surface area contributed by atoms with Crippen LogP contribution in [0.2, 0.25) is 0 Å². The number of halogens is 6. The van der Waals surface area contributed by atoms with Crippen molar-refractivity contribution in [1.29, 1.82) is 0 Å². The lowest BCUT2D eigenvalue weighted by molar-refractivity contribution is -0.152. The Morgan fingerprint density at radius 1 is 0.944 bits per heavy atom. The van der Waals surface area contributed by atoms with Crippen LogP contribution in [0.4, 0.5) is 26.3 Å². The molecule has 7 nitrogen and oxygen atoms in total. The monoisotopic (exact) mass is 518 g/mol. The Bertz CT molecular complexity index is 1170. The number of nitrogens with zero attached hydrogens (tertiary/aromatic N) is 2. The molecule has 0 saturated carbocycles. The second kappa shape index (κ2) is 10.1. The van der Waals surface area contributed by atoms with E-state index in [9.17, 15) is 31.1 Å². The zero-order valence-corrected chi connectivity index (χ0v) is 18.9. The second-order valence-corrected chi connectivity index (χ2v) is 8.17. The van der Waals surface area contributed by atoms with Crippen LogP contribution in [0.15, 0.2) is 52.9 Å². The molecule has 194 valence electrons. The summed E-state index contributed by atoms with van der Waals surface area (Å²) in [7, 11) is 0. The fourth-order valence-corrected chi connectivity index (χ4v) is 2.90. The topological polar surface area (TPSA) is 94.7 Å². The van der Waals surface area contributed by atoms with Crippen molar-refractivity contribution in [2.75, 3.05) is 0 Å². The highest BCUT2D eigenvalue weighted by Crippen LogP contribution is 2.34. The average molecular weight is 518 g/mol. The van der Waals surface area contributed by atoms with Gasteiger partial charge in [0.15, 0.2) is 11.7 Å². The molecule has 1 unspecified atom stereocenters. The summed E-state index contributed by atoms with van der Waals surface area (Å²) in [5.74, 6) is -1.41. The fraction of sp³-hybridized carbons (Fsp3) is 0.348. The minimum absolute atomic E-state index is 0.108. The van der Waals surface area contributed by atoms with E-state index in [4.69, 9.17) is 19.0 Å². The second-order valence-electron chi connectivity index (χ2n) is 8.17. The summed E-state index contributed by atoms with van der Waals surface area (Å²) in [6, 6.07) is 9.30. The molecule has 0 aliphatic carbocycles. The number of alkyl halides is 6. The summed E-state index contributed by atoms with van der Waals surface area (Å²) in [6.07, 6.45) is -12.2. The van der Waals surface area contributed by atoms with Crippen LogP contribution in [-0.4, -0.2) is 33.1 Å². The molecule has 1 atom stereocenters. The SMILES string of the molecule is CC(C)(Oc1ccc(OC(CCC(F)(F)F)c2nnc(-c3ccc(C(F)(F)F)cc3)o2)cc1)C(=O)O. The molecule has 3 aromatic rings. The Morgan fingerprint density at radius 3 is 2.06 bits per heavy atom. The van der Waals surface area contributed by atoms with E-state index in [1.54, 1.807) is 0 Å². The van der Waals surface area contributed by atoms with Crippen LogP contribution in [0.5, 0.6) is 11.5 Å². The zero-order chi connectivity index (χ0) is 26.7. The molecule has 0 aliphatic rings. The maximum Gasteiger partial charge on any atom is 0.416 e. The average Bonchev–Trinajstić information content (AvgIpc) is 3.26. The molecule has 1 heterocycles. The Hall–Kier alpha value is -3.77. The summed E-state index contributed by atoms with van der Waals surface area (Å²) >= 11 is 0. The van der Waals surface area contributed by atoms with E-state index >= 15 is 0 Å². The Balaban J connectivity index is 1.80. The van der Waals surface area contributed by atoms with Crippen LogP contribution in [0.1, 0.15) is 44.2 Å². The van der Waals surface area contributed by atoms with Crippen LogP contribution < -0.4 is 9.47 Å². The molecular weight excluding hydrogens is 498 g/mol. The molecule has 0 spiro atoms. The number of carboxylic acid groups (broad SMARTS) is 1. The first-order valence-corrected chi connectivity index (χ1v) is 10.4. The van der Waals surface area contributed by atoms with Crippen LogP contribution in [0.3, 0.4) is 0 Å². The Kier molecular flexibility index (Phi) is 7.51. The van der Waals surface area contributed by atoms with E-state index in [1.807, 2.05) is 0 Å². The predicted octanol–water partition coefficient (Wildman–Crippen LogP) is 6.46. The zero-order valence-electron chi connectivity index (χ0n) is 18.9. The third-order valence-corrected chi connectivity index (χ3v) is 4.86. The lowest BCUT2D eigenvalue weighted by Gasteiger charge is -2.22. The molecule has 0 radical (unpaired) electrons. The number of aromatic nitrogens is 2. The number of ether oxygens (including phenoxy) is 2. The van der Waals surface area contributed by atoms with Gasteiger partial charge in [-0.25, -0.2) is 4.79 Å². The van der Waals surface area contributed by atoms with Crippen molar-refractivity contribution in [1.82, 2.24) is 10.2 Å². The van der Waals surface area contributed by atoms with E-state index in [0.29, 0.717) is 0 Å². The standard InChI is InChI=1S/C23H20F6N2O5/c1-21(2,20(32)33)36-16-9-7-15(8-10-16)34-17(11-12-22(24,25)26)19-31-30-18(35-19)13-3-5-14(6-4-13)23(27,28)29/h3-10,17H,11-12H2,1-2H3,(H,32,33). The molecule has 1 N–H and O–H groups in total. The molecule has 0 fully saturated rings. The molecule has 36 heavy (non-hydrogen) atoms. The van der Waals surface area contributed by atoms with E-state index in [0.717, 1.165) is 24.3 Å². The van der Waals surface area contributed by atoms with Gasteiger partial charge < -0.3 is 19.0 Å². The van der Waals surface area contributed by atoms with Gasteiger partial charge in [0.1, 0.15) is 11.5 Å². The van der Waals surface area contributed by atoms with E-state index in [-0.39, 0.29) is 28.8 Å². The quantitative estimate of drug-likeness (QED) is 0.325. The highest BCUT2D eigenvalue weighted by molar-refractivity contribution is 5.76. The van der Waals surface area contributed by atoms with Crippen LogP contribution >= 0.6 is 0 Å². The van der Waals surface area contributed by atoms with Gasteiger partial charge in [0.05, 0.1) is 5.56 Å². The van der Waals surface area contributed by atoms with Gasteiger partial charge in [0, 0.05) is 18.4 Å². The van der Waals surface area contributed by atoms with Gasteiger partial charge in [-0.3, -0.25) is 0 Å². The van der Waals surface area contributed by atoms with Crippen molar-refractivity contribution in [3.63, 3.8) is 0 Å². The number of aliphatic carboxylic acids is 1. The summed E-state index contributed by atoms with van der Waals surface area (Å²) in [5.41, 5.74) is -2.27. The summed E-state index contributed by atoms with van der Waals surface area (Å²) < 4.78 is 93.3. The predicted molar refractivity (Wildman–Crippen MR) is 112 cm³/mol. The molecule has 0 amide bonds. The third-order valence-electron chi connectivity index (χ3n) is 4.86. The maximum atomic E-state index is 12.9. The van der Waals surface area contributed by atoms with Gasteiger partial charge in [-0.2, -0.15) is 26.3 Å². The Morgan fingerprint density at radius 2 is 1.53 bits per heavy atom. The molecule has 3 rings (SSSR count). The molecule has 13 heteroatoms. The number of benzene rings is 2. The van der Waals surface area contributed by atoms with Crippen molar-refractivity contribution in [3.8, 4) is 23.0 Å². The number of rotatable bonds is 9. The van der Waals surface area contributed by atoms with Gasteiger partial charge >= 0.3 is 18.3 Å². The number of carbonyl (C=O) groups is 1. The minimum Gasteiger partial charge on any atom is -0.481 e. The van der Waals surface area contributed by atoms with Gasteiger partial charge in [-0.1, -0.05) is 0 Å². The molecular formula is C23H20F6N2O5. The van der Waals surface area contributed by atoms with Gasteiger partial charge in [-0.15, -0.1) is 10.2 Å². The smallest absolute Gasteiger partial charge is 0.416 e. The summed E-state index contributed by atoms with van der Waals surface area (Å²) in [5, 5.41) is 16.6. The first-order valence-electron chi connectivity index (χ1n) is 10.4. The van der Waals surface area contributed by atoms with Crippen LogP contribution in [0.25, 0.3) is 11.5 Å². The largest absolute Gasteiger partial charge is 0.481 e. The van der Waals surface area contributed by atoms with Crippen molar-refractivity contribution in [2.24, 2.45) is 0 Å². The molecule has 0 aliphatic heterocycles. The number of hydrogen-bond donors (Lipinski definition) is 1. The van der Waals surface area contributed by atoms with Crippen LogP contribution in [0, 0.1) is 0 Å². The molecule has 2 aromatic carbocycles. The molecule has 1 aromatic heterocycles. The van der Waals surface area contributed by atoms with Crippen molar-refractivity contribution < 1.29 is 50.1 Å². The molecule has 0 bridgehead atoms. The van der Waals surface area contributed by atoms with Gasteiger partial charge in [0.2, 0.25) is 5.89 Å². The van der Waals surface area contributed by atoms with Crippen LogP contribution in [-0.2, 0) is 11.0 Å². The minimum atomic E-state index is -4.54. The first kappa shape index (κ1) is 26.8. The fourth-order valence-electron chi connectivity index (χ4n) is 2.90. The summed E-state index contributed by atoms with van der Waals surface area (Å²) in [6.45, 7) is 2.69. The number of hydrogen-bond acceptors (Lipinski definition) is 6. The Labute approximate surface area is 200 Å². The lowest BCUT2D eigenvalue weighted by atomic mass is 10.1. The van der Waals surface area contributed by atoms with Crippen molar-refractivity contribution >= 4 is 5.97 Å². The number of carboxylic acids is 1. The van der Waals surface area contributed by atoms with Gasteiger partial charge in [0.25, 0.3) is 5.89 Å². The summed E-state index contributed by atoms with van der Waals surface area (Å²) in [4.78, 5) is 11.2. The van der Waals surface area contributed by atoms with E-state index < -0.39 is 48.4 Å². The van der Waals surface area contributed by atoms with Crippen molar-refractivity contribution in [2.45, 2.75) is 50.7 Å². The van der Waals surface area contributed by atoms with Crippen molar-refractivity contribution in [3.05, 3.63) is 60.0 Å². The third kappa shape index (κ3) is 7.12. The normalized spacial score (nSPS) is 13.3. The van der Waals surface area contributed by atoms with E-state index in [2.05, 4.69) is 10.2 Å².